The van der Waals surface area contributed by atoms with Crippen LogP contribution in [-0.2, 0) is 23.8 Å². The molecule has 6 heteroatoms. The van der Waals surface area contributed by atoms with Crippen LogP contribution in [0.3, 0.4) is 0 Å². The first-order chi connectivity index (χ1) is 13.5. The molecule has 2 aromatic carbocycles. The minimum atomic E-state index is -0.740. The van der Waals surface area contributed by atoms with Gasteiger partial charge in [0.1, 0.15) is 5.70 Å². The topological polar surface area (TPSA) is 73.9 Å². The van der Waals surface area contributed by atoms with Crippen LogP contribution in [0.5, 0.6) is 0 Å². The highest BCUT2D eigenvalue weighted by Gasteiger charge is 2.30. The molecular weight excluding hydrogens is 358 g/mol. The summed E-state index contributed by atoms with van der Waals surface area (Å²) in [5.74, 6) is -1.39. The zero-order chi connectivity index (χ0) is 20.0. The van der Waals surface area contributed by atoms with Crippen molar-refractivity contribution in [3.8, 4) is 0 Å². The number of rotatable bonds is 6. The molecule has 0 radical (unpaired) electrons. The molecule has 1 amide bonds. The molecule has 1 aliphatic heterocycles. The monoisotopic (exact) mass is 381 g/mol. The third kappa shape index (κ3) is 4.85. The number of carbonyl (C=O) groups is 2. The largest absolute Gasteiger partial charge is 0.448 e. The van der Waals surface area contributed by atoms with E-state index in [1.165, 1.54) is 0 Å². The Kier molecular flexibility index (Phi) is 6.23. The van der Waals surface area contributed by atoms with Gasteiger partial charge in [0.25, 0.3) is 0 Å². The summed E-state index contributed by atoms with van der Waals surface area (Å²) in [5, 5.41) is 2.45. The minimum Gasteiger partial charge on any atom is -0.448 e. The molecule has 2 aromatic rings. The van der Waals surface area contributed by atoms with E-state index in [4.69, 9.17) is 14.2 Å². The van der Waals surface area contributed by atoms with E-state index in [0.29, 0.717) is 12.0 Å². The van der Waals surface area contributed by atoms with E-state index in [-0.39, 0.29) is 18.9 Å². The molecule has 0 aromatic heterocycles. The number of hydrogen-bond acceptors (Lipinski definition) is 5. The third-order valence-electron chi connectivity index (χ3n) is 4.38. The lowest BCUT2D eigenvalue weighted by Gasteiger charge is -2.32. The van der Waals surface area contributed by atoms with Crippen LogP contribution in [0.25, 0.3) is 0 Å². The van der Waals surface area contributed by atoms with Gasteiger partial charge in [0.05, 0.1) is 13.2 Å². The SMILES string of the molecule is CC1(C)OCC(=C(NC=O)C(=O)OC(c2ccccc2)c2ccccc2)CO1. The zero-order valence-electron chi connectivity index (χ0n) is 15.9. The van der Waals surface area contributed by atoms with Crippen LogP contribution in [0.1, 0.15) is 31.1 Å². The highest BCUT2D eigenvalue weighted by Crippen LogP contribution is 2.28. The predicted octanol–water partition coefficient (Wildman–Crippen LogP) is 3.10. The van der Waals surface area contributed by atoms with Crippen molar-refractivity contribution in [1.82, 2.24) is 5.32 Å². The second kappa shape index (κ2) is 8.82. The van der Waals surface area contributed by atoms with Crippen molar-refractivity contribution in [1.29, 1.82) is 0 Å². The second-order valence-electron chi connectivity index (χ2n) is 6.82. The van der Waals surface area contributed by atoms with Gasteiger partial charge in [-0.05, 0) is 25.0 Å². The van der Waals surface area contributed by atoms with Gasteiger partial charge in [0.2, 0.25) is 6.41 Å². The average Bonchev–Trinajstić information content (AvgIpc) is 2.72. The van der Waals surface area contributed by atoms with Gasteiger partial charge in [-0.3, -0.25) is 4.79 Å². The molecule has 0 unspecified atom stereocenters. The third-order valence-corrected chi connectivity index (χ3v) is 4.38. The van der Waals surface area contributed by atoms with E-state index in [9.17, 15) is 9.59 Å². The Bertz CT molecular complexity index is 794. The highest BCUT2D eigenvalue weighted by molar-refractivity contribution is 5.91. The molecule has 0 bridgehead atoms. The van der Waals surface area contributed by atoms with E-state index in [1.54, 1.807) is 13.8 Å². The Morgan fingerprint density at radius 3 is 1.96 bits per heavy atom. The van der Waals surface area contributed by atoms with Crippen LogP contribution in [0, 0.1) is 0 Å². The quantitative estimate of drug-likeness (QED) is 0.473. The Morgan fingerprint density at radius 1 is 1.00 bits per heavy atom. The Hall–Kier alpha value is -2.96. The van der Waals surface area contributed by atoms with Crippen LogP contribution in [-0.4, -0.2) is 31.4 Å². The smallest absolute Gasteiger partial charge is 0.355 e. The fourth-order valence-electron chi connectivity index (χ4n) is 2.86. The van der Waals surface area contributed by atoms with Gasteiger partial charge < -0.3 is 19.5 Å². The summed E-state index contributed by atoms with van der Waals surface area (Å²) in [6, 6.07) is 18.9. The van der Waals surface area contributed by atoms with Crippen LogP contribution >= 0.6 is 0 Å². The summed E-state index contributed by atoms with van der Waals surface area (Å²) >= 11 is 0. The van der Waals surface area contributed by atoms with Crippen molar-refractivity contribution in [2.75, 3.05) is 13.2 Å². The van der Waals surface area contributed by atoms with E-state index in [1.807, 2.05) is 60.7 Å². The lowest BCUT2D eigenvalue weighted by molar-refractivity contribution is -0.226. The summed E-state index contributed by atoms with van der Waals surface area (Å²) in [7, 11) is 0. The van der Waals surface area contributed by atoms with Crippen LogP contribution in [0.4, 0.5) is 0 Å². The van der Waals surface area contributed by atoms with Crippen molar-refractivity contribution in [2.24, 2.45) is 0 Å². The molecule has 1 saturated heterocycles. The summed E-state index contributed by atoms with van der Waals surface area (Å²) in [6.07, 6.45) is -0.163. The standard InChI is InChI=1S/C22H23NO5/c1-22(2)26-13-18(14-27-22)19(23-15-24)21(25)28-20(16-9-5-3-6-10-16)17-11-7-4-8-12-17/h3-12,15,20H,13-14H2,1-2H3,(H,23,24). The maximum absolute atomic E-state index is 12.9. The van der Waals surface area contributed by atoms with E-state index in [2.05, 4.69) is 5.32 Å². The van der Waals surface area contributed by atoms with Crippen LogP contribution < -0.4 is 5.32 Å². The van der Waals surface area contributed by atoms with Gasteiger partial charge in [-0.15, -0.1) is 0 Å². The zero-order valence-corrected chi connectivity index (χ0v) is 15.9. The molecule has 0 aliphatic carbocycles. The van der Waals surface area contributed by atoms with Crippen molar-refractivity contribution in [2.45, 2.75) is 25.7 Å². The van der Waals surface area contributed by atoms with Crippen LogP contribution in [0.2, 0.25) is 0 Å². The number of hydrogen-bond donors (Lipinski definition) is 1. The summed E-state index contributed by atoms with van der Waals surface area (Å²) in [4.78, 5) is 24.0. The van der Waals surface area contributed by atoms with Gasteiger partial charge in [-0.2, -0.15) is 0 Å². The van der Waals surface area contributed by atoms with Crippen LogP contribution in [0.15, 0.2) is 71.9 Å². The molecule has 1 N–H and O–H groups in total. The van der Waals surface area contributed by atoms with E-state index >= 15 is 0 Å². The van der Waals surface area contributed by atoms with Gasteiger partial charge in [0, 0.05) is 5.57 Å². The first-order valence-corrected chi connectivity index (χ1v) is 9.01. The second-order valence-corrected chi connectivity index (χ2v) is 6.82. The van der Waals surface area contributed by atoms with Crippen molar-refractivity contribution in [3.05, 3.63) is 83.1 Å². The number of ether oxygens (including phenoxy) is 3. The Balaban J connectivity index is 1.88. The lowest BCUT2D eigenvalue weighted by Crippen LogP contribution is -2.38. The maximum atomic E-state index is 12.9. The molecule has 3 rings (SSSR count). The minimum absolute atomic E-state index is 0.0439. The predicted molar refractivity (Wildman–Crippen MR) is 103 cm³/mol. The van der Waals surface area contributed by atoms with E-state index < -0.39 is 17.9 Å². The molecule has 146 valence electrons. The number of nitrogens with one attached hydrogen (secondary N) is 1. The van der Waals surface area contributed by atoms with Crippen molar-refractivity contribution in [3.63, 3.8) is 0 Å². The fourth-order valence-corrected chi connectivity index (χ4v) is 2.86. The fraction of sp³-hybridized carbons (Fsp3) is 0.273. The van der Waals surface area contributed by atoms with Crippen molar-refractivity contribution < 1.29 is 23.8 Å². The van der Waals surface area contributed by atoms with Gasteiger partial charge in [-0.1, -0.05) is 60.7 Å². The molecule has 28 heavy (non-hydrogen) atoms. The number of carbonyl (C=O) groups excluding carboxylic acids is 2. The van der Waals surface area contributed by atoms with Gasteiger partial charge >= 0.3 is 5.97 Å². The molecule has 6 nitrogen and oxygen atoms in total. The molecule has 0 saturated carbocycles. The van der Waals surface area contributed by atoms with Gasteiger partial charge in [0.15, 0.2) is 11.9 Å². The summed E-state index contributed by atoms with van der Waals surface area (Å²) < 4.78 is 17.0. The van der Waals surface area contributed by atoms with Gasteiger partial charge in [-0.25, -0.2) is 4.79 Å². The normalized spacial score (nSPS) is 15.8. The lowest BCUT2D eigenvalue weighted by atomic mass is 10.0. The van der Waals surface area contributed by atoms with E-state index in [0.717, 1.165) is 11.1 Å². The number of amides is 1. The Morgan fingerprint density at radius 2 is 1.50 bits per heavy atom. The van der Waals surface area contributed by atoms with Crippen molar-refractivity contribution >= 4 is 12.4 Å². The number of benzene rings is 2. The first-order valence-electron chi connectivity index (χ1n) is 9.01. The first kappa shape index (κ1) is 19.8. The summed E-state index contributed by atoms with van der Waals surface area (Å²) in [6.45, 7) is 3.91. The molecule has 0 spiro atoms. The maximum Gasteiger partial charge on any atom is 0.355 e. The highest BCUT2D eigenvalue weighted by atomic mass is 16.7. The molecule has 1 aliphatic rings. The molecule has 1 fully saturated rings. The Labute approximate surface area is 164 Å². The molecule has 0 atom stereocenters. The average molecular weight is 381 g/mol. The molecular formula is C22H23NO5. The molecule has 1 heterocycles. The number of esters is 1. The summed E-state index contributed by atoms with van der Waals surface area (Å²) in [5.41, 5.74) is 2.23.